The van der Waals surface area contributed by atoms with Gasteiger partial charge in [0.15, 0.2) is 11.6 Å². The van der Waals surface area contributed by atoms with Crippen LogP contribution in [0.25, 0.3) is 0 Å². The normalized spacial score (nSPS) is 22.7. The van der Waals surface area contributed by atoms with E-state index in [-0.39, 0.29) is 88.4 Å². The van der Waals surface area contributed by atoms with Gasteiger partial charge in [0.25, 0.3) is 0 Å². The third-order valence-corrected chi connectivity index (χ3v) is 4.91. The molecule has 0 aromatic carbocycles. The van der Waals surface area contributed by atoms with Gasteiger partial charge in [-0.15, -0.1) is 0 Å². The molecule has 2 atom stereocenters. The summed E-state index contributed by atoms with van der Waals surface area (Å²) >= 11 is 0. The molecule has 5 nitrogen and oxygen atoms in total. The van der Waals surface area contributed by atoms with Gasteiger partial charge in [-0.25, -0.2) is 0 Å². The van der Waals surface area contributed by atoms with Crippen molar-refractivity contribution in [2.75, 3.05) is 0 Å². The number of aliphatic hydroxyl groups is 1. The maximum Gasteiger partial charge on any atom is 1.00 e. The van der Waals surface area contributed by atoms with Gasteiger partial charge in [-0.1, -0.05) is 48.0 Å². The van der Waals surface area contributed by atoms with E-state index >= 15 is 0 Å². The molecule has 0 saturated heterocycles. The fourth-order valence-corrected chi connectivity index (χ4v) is 3.33. The van der Waals surface area contributed by atoms with Crippen LogP contribution in [0.1, 0.15) is 73.6 Å². The number of hydrogen-bond donors (Lipinski definition) is 1. The van der Waals surface area contributed by atoms with E-state index in [1.165, 1.54) is 0 Å². The Morgan fingerprint density at radius 3 is 2.00 bits per heavy atom. The van der Waals surface area contributed by atoms with Crippen molar-refractivity contribution >= 4 is 17.3 Å². The second-order valence-corrected chi connectivity index (χ2v) is 8.72. The van der Waals surface area contributed by atoms with Crippen LogP contribution in [0.5, 0.6) is 0 Å². The monoisotopic (exact) mass is 404 g/mol. The van der Waals surface area contributed by atoms with Crippen LogP contribution in [-0.2, 0) is 14.4 Å². The minimum Gasteiger partial charge on any atom is -0.838 e. The van der Waals surface area contributed by atoms with Gasteiger partial charge in [0.1, 0.15) is 11.5 Å². The van der Waals surface area contributed by atoms with Gasteiger partial charge >= 0.3 is 51.4 Å². The Morgan fingerprint density at radius 1 is 1.04 bits per heavy atom. The van der Waals surface area contributed by atoms with Crippen molar-refractivity contribution in [3.05, 3.63) is 11.3 Å². The van der Waals surface area contributed by atoms with Crippen LogP contribution >= 0.6 is 0 Å². The molecule has 0 aromatic rings. The van der Waals surface area contributed by atoms with E-state index in [0.29, 0.717) is 12.8 Å². The zero-order chi connectivity index (χ0) is 20.2. The molecule has 27 heavy (non-hydrogen) atoms. The molecular formula is C21H33KO5. The first-order valence-corrected chi connectivity index (χ1v) is 9.67. The number of hydrogen-bond acceptors (Lipinski definition) is 5. The van der Waals surface area contributed by atoms with Crippen molar-refractivity contribution in [3.63, 3.8) is 0 Å². The Kier molecular flexibility index (Phi) is 11.4. The molecule has 1 N–H and O–H groups in total. The van der Waals surface area contributed by atoms with Crippen molar-refractivity contribution in [2.24, 2.45) is 23.7 Å². The molecule has 1 aliphatic carbocycles. The third kappa shape index (κ3) is 6.58. The molecule has 0 radical (unpaired) electrons. The fourth-order valence-electron chi connectivity index (χ4n) is 3.33. The predicted octanol–water partition coefficient (Wildman–Crippen LogP) is 0.157. The summed E-state index contributed by atoms with van der Waals surface area (Å²) in [7, 11) is 0. The minimum absolute atomic E-state index is 0. The van der Waals surface area contributed by atoms with Crippen LogP contribution < -0.4 is 56.5 Å². The standard InChI is InChI=1S/C21H33O5.K/c1-12(2)7-9-15-19(24)18(16(22)11-14(5)6)20(25)21(15,26)17(23)10-8-13(3)4;/h12-15,25H,7-11H2,1-6H3;/q-1;+1/t15-,21+;/m1./s1. The number of Topliss-reactive ketones (excluding diaryl/α,β-unsaturated/α-hetero) is 3. The first-order valence-electron chi connectivity index (χ1n) is 9.67. The van der Waals surface area contributed by atoms with Crippen LogP contribution in [0, 0.1) is 23.7 Å². The van der Waals surface area contributed by atoms with Crippen molar-refractivity contribution in [1.29, 1.82) is 0 Å². The van der Waals surface area contributed by atoms with Crippen LogP contribution in [0.4, 0.5) is 0 Å². The number of allylic oxidation sites excluding steroid dienone is 1. The largest absolute Gasteiger partial charge is 1.00 e. The molecule has 0 bridgehead atoms. The van der Waals surface area contributed by atoms with Gasteiger partial charge in [0.05, 0.1) is 5.57 Å². The fraction of sp³-hybridized carbons (Fsp3) is 0.762. The summed E-state index contributed by atoms with van der Waals surface area (Å²) < 4.78 is 0. The van der Waals surface area contributed by atoms with E-state index < -0.39 is 40.2 Å². The first-order chi connectivity index (χ1) is 11.9. The Bertz CT molecular complexity index is 591. The summed E-state index contributed by atoms with van der Waals surface area (Å²) in [5, 5.41) is 24.0. The number of carbonyl (C=O) groups is 3. The number of rotatable bonds is 10. The van der Waals surface area contributed by atoms with E-state index in [2.05, 4.69) is 0 Å². The van der Waals surface area contributed by atoms with Gasteiger partial charge in [-0.3, -0.25) is 9.59 Å². The summed E-state index contributed by atoms with van der Waals surface area (Å²) in [6, 6.07) is 0. The Balaban J connectivity index is 0.00000676. The Labute approximate surface area is 205 Å². The molecule has 0 aliphatic heterocycles. The summed E-state index contributed by atoms with van der Waals surface area (Å²) in [4.78, 5) is 38.0. The molecule has 0 spiro atoms. The van der Waals surface area contributed by atoms with Crippen LogP contribution in [-0.4, -0.2) is 28.1 Å². The zero-order valence-electron chi connectivity index (χ0n) is 17.9. The molecule has 6 heteroatoms. The molecule has 0 fully saturated rings. The Morgan fingerprint density at radius 2 is 1.56 bits per heavy atom. The van der Waals surface area contributed by atoms with Crippen molar-refractivity contribution in [2.45, 2.75) is 79.2 Å². The van der Waals surface area contributed by atoms with Gasteiger partial charge in [0.2, 0.25) is 0 Å². The summed E-state index contributed by atoms with van der Waals surface area (Å²) in [5.74, 6) is -3.43. The van der Waals surface area contributed by atoms with Gasteiger partial charge in [0, 0.05) is 24.4 Å². The van der Waals surface area contributed by atoms with Gasteiger partial charge in [-0.05, 0) is 30.6 Å². The third-order valence-electron chi connectivity index (χ3n) is 4.91. The van der Waals surface area contributed by atoms with Crippen molar-refractivity contribution in [3.8, 4) is 0 Å². The van der Waals surface area contributed by atoms with E-state index in [1.54, 1.807) is 0 Å². The summed E-state index contributed by atoms with van der Waals surface area (Å²) in [5.41, 5.74) is -2.94. The van der Waals surface area contributed by atoms with Gasteiger partial charge < -0.3 is 15.0 Å². The SMILES string of the molecule is CC(C)CCC(=O)[C@]1([O-])C(O)=C(C(=O)CC(C)C)C(=O)[C@H]1CCC(C)C.[K+]. The van der Waals surface area contributed by atoms with Crippen LogP contribution in [0.3, 0.4) is 0 Å². The first kappa shape index (κ1) is 27.1. The molecule has 0 heterocycles. The molecule has 0 saturated carbocycles. The molecule has 0 unspecified atom stereocenters. The maximum absolute atomic E-state index is 13.5. The Hall–Kier alpha value is 0.146. The van der Waals surface area contributed by atoms with Crippen LogP contribution in [0.2, 0.25) is 0 Å². The average molecular weight is 405 g/mol. The van der Waals surface area contributed by atoms with E-state index in [9.17, 15) is 24.6 Å². The topological polar surface area (TPSA) is 94.5 Å². The maximum atomic E-state index is 13.5. The predicted molar refractivity (Wildman–Crippen MR) is 98.5 cm³/mol. The van der Waals surface area contributed by atoms with E-state index in [0.717, 1.165) is 0 Å². The molecule has 148 valence electrons. The van der Waals surface area contributed by atoms with Crippen LogP contribution in [0.15, 0.2) is 11.3 Å². The molecule has 0 aromatic heterocycles. The number of ketones is 3. The number of carbonyl (C=O) groups excluding carboxylic acids is 3. The summed E-state index contributed by atoms with van der Waals surface area (Å²) in [6.07, 6.45) is 1.36. The minimum atomic E-state index is -2.51. The second-order valence-electron chi connectivity index (χ2n) is 8.72. The smallest absolute Gasteiger partial charge is 0.838 e. The molecule has 1 aliphatic rings. The molecule has 0 amide bonds. The van der Waals surface area contributed by atoms with E-state index in [1.807, 2.05) is 41.5 Å². The molecular weight excluding hydrogens is 371 g/mol. The second kappa shape index (κ2) is 11.4. The van der Waals surface area contributed by atoms with E-state index in [4.69, 9.17) is 0 Å². The van der Waals surface area contributed by atoms with Crippen molar-refractivity contribution in [1.82, 2.24) is 0 Å². The number of aliphatic hydroxyl groups excluding tert-OH is 1. The molecule has 1 rings (SSSR count). The quantitative estimate of drug-likeness (QED) is 0.413. The van der Waals surface area contributed by atoms with Crippen molar-refractivity contribution < 1.29 is 76.0 Å². The summed E-state index contributed by atoms with van der Waals surface area (Å²) in [6.45, 7) is 11.4. The zero-order valence-corrected chi connectivity index (χ0v) is 21.0. The average Bonchev–Trinajstić information content (AvgIpc) is 2.69. The van der Waals surface area contributed by atoms with Gasteiger partial charge in [-0.2, -0.15) is 0 Å².